The number of rotatable bonds is 2. The molecule has 0 saturated heterocycles. The van der Waals surface area contributed by atoms with Gasteiger partial charge in [-0.25, -0.2) is 0 Å². The first kappa shape index (κ1) is 17.0. The Kier molecular flexibility index (Phi) is 8.93. The maximum atomic E-state index is 2.28. The molecule has 0 N–H and O–H groups in total. The Morgan fingerprint density at radius 1 is 0.867 bits per heavy atom. The molecule has 0 bridgehead atoms. The van der Waals surface area contributed by atoms with E-state index in [0.29, 0.717) is 0 Å². The summed E-state index contributed by atoms with van der Waals surface area (Å²) in [4.78, 5) is 0. The van der Waals surface area contributed by atoms with Crippen LogP contribution in [0.1, 0.15) is 12.8 Å². The van der Waals surface area contributed by atoms with Gasteiger partial charge in [0.15, 0.2) is 0 Å². The summed E-state index contributed by atoms with van der Waals surface area (Å²) in [5, 5.41) is 0. The molecule has 15 heavy (non-hydrogen) atoms. The zero-order chi connectivity index (χ0) is 8.39. The van der Waals surface area contributed by atoms with Crippen molar-refractivity contribution in [3.63, 3.8) is 0 Å². The van der Waals surface area contributed by atoms with Gasteiger partial charge in [0.2, 0.25) is 0 Å². The van der Waals surface area contributed by atoms with Crippen LogP contribution in [0, 0.1) is 0 Å². The van der Waals surface area contributed by atoms with E-state index in [9.17, 15) is 0 Å². The zero-order valence-corrected chi connectivity index (χ0v) is 10.5. The molecule has 2 aliphatic carbocycles. The van der Waals surface area contributed by atoms with Gasteiger partial charge in [0.1, 0.15) is 0 Å². The van der Waals surface area contributed by atoms with Gasteiger partial charge in [-0.1, -0.05) is 0 Å². The van der Waals surface area contributed by atoms with Crippen molar-refractivity contribution in [1.29, 1.82) is 0 Å². The number of halogens is 3. The Labute approximate surface area is 103 Å². The maximum absolute atomic E-state index is 2.28. The van der Waals surface area contributed by atoms with E-state index in [0.717, 1.165) is 3.63 Å². The molecule has 0 aromatic carbocycles. The Morgan fingerprint density at radius 3 is 1.53 bits per heavy atom. The second-order valence-corrected chi connectivity index (χ2v) is 4.60. The van der Waals surface area contributed by atoms with Crippen molar-refractivity contribution in [1.82, 2.24) is 0 Å². The second-order valence-electron chi connectivity index (χ2n) is 3.18. The Bertz CT molecular complexity index is 273. The molecule has 0 aromatic heterocycles. The van der Waals surface area contributed by atoms with Crippen molar-refractivity contribution in [3.05, 3.63) is 47.6 Å². The summed E-state index contributed by atoms with van der Waals surface area (Å²) in [7, 11) is 0. The van der Waals surface area contributed by atoms with Crippen LogP contribution in [0.25, 0.3) is 0 Å². The Hall–Kier alpha value is -0.367. The molecule has 4 heteroatoms. The van der Waals surface area contributed by atoms with Gasteiger partial charge in [0.25, 0.3) is 0 Å². The standard InChI is InChI=1S/C11H11.3FH.Zr/c1-2-6-10(5-1)9-11-7-3-4-8-11;;;;/h1-5,7,9H,6,8H2;3*1H;/q;;;;+3/p-3. The third-order valence-electron chi connectivity index (χ3n) is 2.34. The van der Waals surface area contributed by atoms with E-state index in [1.165, 1.54) is 12.8 Å². The van der Waals surface area contributed by atoms with Crippen LogP contribution >= 0.6 is 0 Å². The van der Waals surface area contributed by atoms with Gasteiger partial charge in [0.05, 0.1) is 0 Å². The van der Waals surface area contributed by atoms with Gasteiger partial charge in [-0.3, -0.25) is 0 Å². The van der Waals surface area contributed by atoms with Crippen molar-refractivity contribution in [2.45, 2.75) is 16.5 Å². The average Bonchev–Trinajstić information content (AvgIpc) is 2.77. The molecule has 0 saturated carbocycles. The van der Waals surface area contributed by atoms with Crippen molar-refractivity contribution in [2.75, 3.05) is 0 Å². The van der Waals surface area contributed by atoms with Crippen LogP contribution in [0.2, 0.25) is 3.63 Å². The van der Waals surface area contributed by atoms with Gasteiger partial charge in [-0.05, 0) is 0 Å². The van der Waals surface area contributed by atoms with Crippen LogP contribution < -0.4 is 14.1 Å². The van der Waals surface area contributed by atoms with E-state index in [2.05, 4.69) is 36.5 Å². The van der Waals surface area contributed by atoms with Gasteiger partial charge in [-0.15, -0.1) is 0 Å². The van der Waals surface area contributed by atoms with Crippen molar-refractivity contribution in [3.8, 4) is 0 Å². The zero-order valence-electron chi connectivity index (χ0n) is 8.09. The summed E-state index contributed by atoms with van der Waals surface area (Å²) in [6.07, 6.45) is 15.7. The van der Waals surface area contributed by atoms with Crippen molar-refractivity contribution >= 4 is 0 Å². The minimum absolute atomic E-state index is 0. The molecule has 2 rings (SSSR count). The Morgan fingerprint density at radius 2 is 1.27 bits per heavy atom. The van der Waals surface area contributed by atoms with Gasteiger partial charge >= 0.3 is 88.8 Å². The summed E-state index contributed by atoms with van der Waals surface area (Å²) < 4.78 is 0.738. The number of allylic oxidation sites excluding steroid dienone is 8. The molecular formula is C11H11F3Zr. The van der Waals surface area contributed by atoms with Crippen molar-refractivity contribution in [2.24, 2.45) is 0 Å². The topological polar surface area (TPSA) is 0 Å². The van der Waals surface area contributed by atoms with Crippen LogP contribution in [-0.2, 0) is 24.7 Å². The first-order valence-electron chi connectivity index (χ1n) is 4.30. The third-order valence-corrected chi connectivity index (χ3v) is 4.16. The van der Waals surface area contributed by atoms with Gasteiger partial charge < -0.3 is 14.1 Å². The first-order valence-corrected chi connectivity index (χ1v) is 5.72. The third kappa shape index (κ3) is 3.94. The fourth-order valence-electron chi connectivity index (χ4n) is 1.59. The quantitative estimate of drug-likeness (QED) is 0.475. The molecule has 2 aliphatic rings. The van der Waals surface area contributed by atoms with E-state index in [1.54, 1.807) is 35.9 Å². The molecule has 0 spiro atoms. The van der Waals surface area contributed by atoms with E-state index >= 15 is 0 Å². The summed E-state index contributed by atoms with van der Waals surface area (Å²) in [6.45, 7) is 0. The molecule has 0 amide bonds. The molecular weight excluding hydrogens is 280 g/mol. The predicted molar refractivity (Wildman–Crippen MR) is 47.4 cm³/mol. The van der Waals surface area contributed by atoms with Gasteiger partial charge in [0, 0.05) is 0 Å². The summed E-state index contributed by atoms with van der Waals surface area (Å²) in [6, 6.07) is 0. The van der Waals surface area contributed by atoms with Crippen LogP contribution in [0.5, 0.6) is 0 Å². The molecule has 0 nitrogen and oxygen atoms in total. The monoisotopic (exact) mass is 290 g/mol. The van der Waals surface area contributed by atoms with Gasteiger partial charge in [-0.2, -0.15) is 0 Å². The number of hydrogen-bond acceptors (Lipinski definition) is 0. The SMILES string of the molecule is [F-].[F-].[F-].[Zr+3][CH](C1=CC=CC1)C1=CC=CC1. The molecule has 0 unspecified atom stereocenters. The van der Waals surface area contributed by atoms with E-state index in [4.69, 9.17) is 0 Å². The fraction of sp³-hybridized carbons (Fsp3) is 0.273. The molecule has 0 aliphatic heterocycles. The number of hydrogen-bond donors (Lipinski definition) is 0. The van der Waals surface area contributed by atoms with Crippen LogP contribution in [-0.4, -0.2) is 0 Å². The minimum atomic E-state index is 0. The Balaban J connectivity index is 0. The van der Waals surface area contributed by atoms with E-state index < -0.39 is 0 Å². The summed E-state index contributed by atoms with van der Waals surface area (Å²) in [5.74, 6) is 0. The van der Waals surface area contributed by atoms with Crippen LogP contribution in [0.4, 0.5) is 0 Å². The second kappa shape index (κ2) is 7.86. The molecule has 0 fully saturated rings. The molecule has 80 valence electrons. The average molecular weight is 291 g/mol. The predicted octanol–water partition coefficient (Wildman–Crippen LogP) is -5.89. The summed E-state index contributed by atoms with van der Waals surface area (Å²) >= 11 is 1.63. The normalized spacial score (nSPS) is 16.5. The van der Waals surface area contributed by atoms with Crippen LogP contribution in [0.15, 0.2) is 47.6 Å². The van der Waals surface area contributed by atoms with E-state index in [-0.39, 0.29) is 14.1 Å². The van der Waals surface area contributed by atoms with Crippen LogP contribution in [0.3, 0.4) is 0 Å². The van der Waals surface area contributed by atoms with E-state index in [1.807, 2.05) is 0 Å². The molecule has 0 heterocycles. The summed E-state index contributed by atoms with van der Waals surface area (Å²) in [5.41, 5.74) is 3.20. The first-order chi connectivity index (χ1) is 5.88. The molecule has 0 aromatic rings. The molecule has 0 radical (unpaired) electrons. The molecule has 0 atom stereocenters. The van der Waals surface area contributed by atoms with Crippen molar-refractivity contribution < 1.29 is 38.8 Å². The fourth-order valence-corrected chi connectivity index (χ4v) is 2.65.